The van der Waals surface area contributed by atoms with Gasteiger partial charge in [0.2, 0.25) is 5.91 Å². The van der Waals surface area contributed by atoms with Crippen LogP contribution in [0.1, 0.15) is 30.8 Å². The van der Waals surface area contributed by atoms with Crippen molar-refractivity contribution >= 4 is 29.4 Å². The number of nitrogens with zero attached hydrogens (tertiary/aromatic N) is 5. The van der Waals surface area contributed by atoms with Gasteiger partial charge in [0.1, 0.15) is 12.4 Å². The van der Waals surface area contributed by atoms with E-state index in [9.17, 15) is 9.59 Å². The van der Waals surface area contributed by atoms with Gasteiger partial charge in [-0.15, -0.1) is 11.8 Å². The molecule has 2 fully saturated rings. The molecule has 1 aliphatic heterocycles. The van der Waals surface area contributed by atoms with Crippen LogP contribution in [0.15, 0.2) is 35.6 Å². The number of anilines is 1. The van der Waals surface area contributed by atoms with Crippen LogP contribution >= 0.6 is 11.8 Å². The van der Waals surface area contributed by atoms with Crippen molar-refractivity contribution in [3.63, 3.8) is 0 Å². The van der Waals surface area contributed by atoms with Gasteiger partial charge in [-0.1, -0.05) is 0 Å². The van der Waals surface area contributed by atoms with Crippen molar-refractivity contribution in [2.45, 2.75) is 37.0 Å². The Labute approximate surface area is 174 Å². The lowest BCUT2D eigenvalue weighted by Crippen LogP contribution is -2.29. The van der Waals surface area contributed by atoms with Crippen LogP contribution in [0.3, 0.4) is 0 Å². The Hall–Kier alpha value is -2.48. The minimum Gasteiger partial charge on any atom is -0.283 e. The molecule has 3 amide bonds. The molecule has 2 aromatic heterocycles. The number of amides is 3. The molecule has 8 heteroatoms. The van der Waals surface area contributed by atoms with E-state index in [2.05, 4.69) is 15.0 Å². The highest BCUT2D eigenvalue weighted by Crippen LogP contribution is 2.34. The van der Waals surface area contributed by atoms with Gasteiger partial charge in [0.15, 0.2) is 0 Å². The number of thioether (sulfide) groups is 1. The fourth-order valence-corrected chi connectivity index (χ4v) is 4.47. The number of imide groups is 1. The molecule has 2 aliphatic rings. The average molecular weight is 412 g/mol. The van der Waals surface area contributed by atoms with Crippen LogP contribution in [-0.2, 0) is 17.6 Å². The third kappa shape index (κ3) is 4.42. The predicted octanol–water partition coefficient (Wildman–Crippen LogP) is 3.19. The van der Waals surface area contributed by atoms with E-state index in [1.165, 1.54) is 31.2 Å². The van der Waals surface area contributed by atoms with Crippen molar-refractivity contribution in [2.24, 2.45) is 11.8 Å². The first-order chi connectivity index (χ1) is 14.0. The highest BCUT2D eigenvalue weighted by Gasteiger charge is 2.34. The monoisotopic (exact) mass is 411 g/mol. The Morgan fingerprint density at radius 3 is 2.34 bits per heavy atom. The SMILES string of the molecule is CSc1cnc(C[C@H]2CC[C@H](Cc3ccc(N4CC(=O)N(C)C4=O)cn3)C2)nc1. The number of pyridine rings is 1. The second-order valence-electron chi connectivity index (χ2n) is 7.82. The van der Waals surface area contributed by atoms with Crippen LogP contribution in [0.5, 0.6) is 0 Å². The Kier molecular flexibility index (Phi) is 5.80. The minimum atomic E-state index is -0.295. The molecule has 0 N–H and O–H groups in total. The van der Waals surface area contributed by atoms with E-state index in [4.69, 9.17) is 0 Å². The molecule has 152 valence electrons. The quantitative estimate of drug-likeness (QED) is 0.537. The summed E-state index contributed by atoms with van der Waals surface area (Å²) in [5.41, 5.74) is 1.71. The number of aromatic nitrogens is 3. The summed E-state index contributed by atoms with van der Waals surface area (Å²) in [6, 6.07) is 3.57. The Balaban J connectivity index is 1.31. The van der Waals surface area contributed by atoms with E-state index in [1.54, 1.807) is 18.0 Å². The van der Waals surface area contributed by atoms with Crippen molar-refractivity contribution in [1.82, 2.24) is 19.9 Å². The molecule has 7 nitrogen and oxygen atoms in total. The summed E-state index contributed by atoms with van der Waals surface area (Å²) in [6.07, 6.45) is 13.0. The zero-order valence-electron chi connectivity index (χ0n) is 16.7. The summed E-state index contributed by atoms with van der Waals surface area (Å²) in [6.45, 7) is 0.0840. The summed E-state index contributed by atoms with van der Waals surface area (Å²) in [5, 5.41) is 0. The smallest absolute Gasteiger partial charge is 0.283 e. The Bertz CT molecular complexity index is 887. The second kappa shape index (κ2) is 8.49. The number of rotatable bonds is 6. The van der Waals surface area contributed by atoms with Gasteiger partial charge in [-0.05, 0) is 55.9 Å². The van der Waals surface area contributed by atoms with Crippen molar-refractivity contribution in [2.75, 3.05) is 24.7 Å². The molecular formula is C21H25N5O2S. The van der Waals surface area contributed by atoms with E-state index in [0.29, 0.717) is 17.5 Å². The summed E-state index contributed by atoms with van der Waals surface area (Å²) in [7, 11) is 1.51. The molecule has 3 heterocycles. The summed E-state index contributed by atoms with van der Waals surface area (Å²) < 4.78 is 0. The molecule has 29 heavy (non-hydrogen) atoms. The van der Waals surface area contributed by atoms with E-state index >= 15 is 0 Å². The zero-order chi connectivity index (χ0) is 20.4. The average Bonchev–Trinajstić information content (AvgIpc) is 3.28. The molecule has 0 unspecified atom stereocenters. The highest BCUT2D eigenvalue weighted by molar-refractivity contribution is 7.98. The van der Waals surface area contributed by atoms with Crippen molar-refractivity contribution in [3.8, 4) is 0 Å². The summed E-state index contributed by atoms with van der Waals surface area (Å²) >= 11 is 1.66. The zero-order valence-corrected chi connectivity index (χ0v) is 17.6. The van der Waals surface area contributed by atoms with Crippen LogP contribution in [-0.4, -0.2) is 51.6 Å². The van der Waals surface area contributed by atoms with Gasteiger partial charge >= 0.3 is 6.03 Å². The number of likely N-dealkylation sites (N-methyl/N-ethyl adjacent to an activating group) is 1. The highest BCUT2D eigenvalue weighted by atomic mass is 32.2. The lowest BCUT2D eigenvalue weighted by Gasteiger charge is -2.15. The van der Waals surface area contributed by atoms with Crippen LogP contribution in [0.2, 0.25) is 0 Å². The molecule has 0 bridgehead atoms. The first kappa shape index (κ1) is 19.8. The maximum Gasteiger partial charge on any atom is 0.331 e. The van der Waals surface area contributed by atoms with Gasteiger partial charge in [-0.2, -0.15) is 0 Å². The van der Waals surface area contributed by atoms with Gasteiger partial charge in [-0.25, -0.2) is 14.8 Å². The van der Waals surface area contributed by atoms with Crippen molar-refractivity contribution < 1.29 is 9.59 Å². The van der Waals surface area contributed by atoms with Crippen LogP contribution in [0.4, 0.5) is 10.5 Å². The molecule has 0 spiro atoms. The molecular weight excluding hydrogens is 386 g/mol. The maximum atomic E-state index is 12.1. The topological polar surface area (TPSA) is 79.3 Å². The third-order valence-electron chi connectivity index (χ3n) is 5.84. The van der Waals surface area contributed by atoms with Crippen LogP contribution in [0, 0.1) is 11.8 Å². The molecule has 0 radical (unpaired) electrons. The molecule has 1 aliphatic carbocycles. The first-order valence-corrected chi connectivity index (χ1v) is 11.1. The van der Waals surface area contributed by atoms with Crippen LogP contribution in [0.25, 0.3) is 0 Å². The summed E-state index contributed by atoms with van der Waals surface area (Å²) in [5.74, 6) is 1.99. The molecule has 2 aromatic rings. The lowest BCUT2D eigenvalue weighted by molar-refractivity contribution is -0.123. The lowest BCUT2D eigenvalue weighted by atomic mass is 9.97. The Morgan fingerprint density at radius 1 is 1.03 bits per heavy atom. The van der Waals surface area contributed by atoms with Crippen LogP contribution < -0.4 is 4.90 Å². The van der Waals surface area contributed by atoms with E-state index < -0.39 is 0 Å². The van der Waals surface area contributed by atoms with E-state index in [1.807, 2.05) is 30.8 Å². The van der Waals surface area contributed by atoms with Gasteiger partial charge in [0.25, 0.3) is 0 Å². The normalized spacial score (nSPS) is 22.0. The van der Waals surface area contributed by atoms with Gasteiger partial charge in [0, 0.05) is 36.5 Å². The number of hydrogen-bond acceptors (Lipinski definition) is 6. The number of carbonyl (C=O) groups excluding carboxylic acids is 2. The number of carbonyl (C=O) groups is 2. The molecule has 1 saturated carbocycles. The summed E-state index contributed by atoms with van der Waals surface area (Å²) in [4.78, 5) is 41.0. The molecule has 2 atom stereocenters. The fraction of sp³-hybridized carbons (Fsp3) is 0.476. The first-order valence-electron chi connectivity index (χ1n) is 9.91. The number of hydrogen-bond donors (Lipinski definition) is 0. The van der Waals surface area contributed by atoms with Gasteiger partial charge in [0.05, 0.1) is 11.9 Å². The fourth-order valence-electron chi connectivity index (χ4n) is 4.15. The molecule has 1 saturated heterocycles. The largest absolute Gasteiger partial charge is 0.331 e. The number of urea groups is 1. The van der Waals surface area contributed by atoms with Crippen molar-refractivity contribution in [3.05, 3.63) is 42.2 Å². The molecule has 0 aromatic carbocycles. The third-order valence-corrected chi connectivity index (χ3v) is 6.52. The maximum absolute atomic E-state index is 12.1. The molecule has 4 rings (SSSR count). The minimum absolute atomic E-state index is 0.0840. The Morgan fingerprint density at radius 2 is 1.76 bits per heavy atom. The van der Waals surface area contributed by atoms with Gasteiger partial charge < -0.3 is 0 Å². The second-order valence-corrected chi connectivity index (χ2v) is 8.70. The van der Waals surface area contributed by atoms with E-state index in [-0.39, 0.29) is 18.5 Å². The predicted molar refractivity (Wildman–Crippen MR) is 112 cm³/mol. The van der Waals surface area contributed by atoms with E-state index in [0.717, 1.165) is 34.2 Å². The van der Waals surface area contributed by atoms with Crippen molar-refractivity contribution in [1.29, 1.82) is 0 Å². The standard InChI is InChI=1S/C21H25N5O2S/c1-25-20(27)13-26(21(25)28)17-6-5-16(22-10-17)8-14-3-4-15(7-14)9-19-23-11-18(29-2)12-24-19/h5-6,10-12,14-15H,3-4,7-9,13H2,1-2H3/t14-,15-/m0/s1. The van der Waals surface area contributed by atoms with Gasteiger partial charge in [-0.3, -0.25) is 19.6 Å².